The van der Waals surface area contributed by atoms with Crippen molar-refractivity contribution in [3.05, 3.63) is 59.3 Å². The Morgan fingerprint density at radius 3 is 2.57 bits per heavy atom. The number of aliphatic hydroxyl groups excluding tert-OH is 1. The minimum Gasteiger partial charge on any atom is -0.491 e. The largest absolute Gasteiger partial charge is 0.491 e. The monoisotopic (exact) mass is 383 g/mol. The van der Waals surface area contributed by atoms with E-state index in [0.717, 1.165) is 16.5 Å². The molecule has 0 atom stereocenters. The molecule has 0 amide bonds. The molecule has 0 radical (unpaired) electrons. The van der Waals surface area contributed by atoms with Gasteiger partial charge in [-0.25, -0.2) is 4.79 Å². The fourth-order valence-corrected chi connectivity index (χ4v) is 3.07. The van der Waals surface area contributed by atoms with Crippen molar-refractivity contribution in [2.75, 3.05) is 13.7 Å². The number of nitrogens with one attached hydrogen (secondary N) is 1. The molecule has 0 aliphatic heterocycles. The van der Waals surface area contributed by atoms with E-state index in [4.69, 9.17) is 14.2 Å². The van der Waals surface area contributed by atoms with Crippen LogP contribution in [0.5, 0.6) is 11.5 Å². The van der Waals surface area contributed by atoms with Gasteiger partial charge in [0.15, 0.2) is 11.5 Å². The van der Waals surface area contributed by atoms with Gasteiger partial charge in [0.1, 0.15) is 12.3 Å². The van der Waals surface area contributed by atoms with E-state index in [0.29, 0.717) is 35.7 Å². The van der Waals surface area contributed by atoms with Crippen LogP contribution in [0.25, 0.3) is 10.9 Å². The minimum atomic E-state index is -0.435. The fourth-order valence-electron chi connectivity index (χ4n) is 3.07. The van der Waals surface area contributed by atoms with Crippen LogP contribution in [-0.2, 0) is 17.8 Å². The van der Waals surface area contributed by atoms with Gasteiger partial charge in [-0.1, -0.05) is 30.3 Å². The Morgan fingerprint density at radius 2 is 1.93 bits per heavy atom. The van der Waals surface area contributed by atoms with E-state index in [-0.39, 0.29) is 12.7 Å². The van der Waals surface area contributed by atoms with E-state index in [1.54, 1.807) is 27.0 Å². The number of carbonyl (C=O) groups is 1. The van der Waals surface area contributed by atoms with Crippen LogP contribution >= 0.6 is 0 Å². The van der Waals surface area contributed by atoms with E-state index in [1.807, 2.05) is 36.4 Å². The van der Waals surface area contributed by atoms with E-state index in [1.165, 1.54) is 0 Å². The number of aromatic nitrogens is 1. The normalized spacial score (nSPS) is 11.0. The number of aliphatic hydroxyl groups is 1. The maximum Gasteiger partial charge on any atom is 0.355 e. The third-order valence-corrected chi connectivity index (χ3v) is 4.30. The molecule has 28 heavy (non-hydrogen) atoms. The van der Waals surface area contributed by atoms with Crippen molar-refractivity contribution in [3.8, 4) is 11.5 Å². The number of ether oxygens (including phenoxy) is 3. The van der Waals surface area contributed by atoms with E-state index < -0.39 is 5.97 Å². The maximum absolute atomic E-state index is 12.3. The SMILES string of the molecule is COc1c(OCc2ccccc2)cc(CCO)c2cc(C(=O)OC(C)C)[nH]c12. The molecule has 3 rings (SSSR count). The first-order valence-corrected chi connectivity index (χ1v) is 9.24. The maximum atomic E-state index is 12.3. The summed E-state index contributed by atoms with van der Waals surface area (Å²) >= 11 is 0. The molecule has 148 valence electrons. The molecule has 6 heteroatoms. The van der Waals surface area contributed by atoms with Crippen molar-refractivity contribution in [2.24, 2.45) is 0 Å². The number of methoxy groups -OCH3 is 1. The molecule has 2 aromatic carbocycles. The Kier molecular flexibility index (Phi) is 6.21. The average Bonchev–Trinajstić information content (AvgIpc) is 3.12. The van der Waals surface area contributed by atoms with Crippen LogP contribution in [0, 0.1) is 0 Å². The van der Waals surface area contributed by atoms with Crippen molar-refractivity contribution >= 4 is 16.9 Å². The zero-order valence-corrected chi connectivity index (χ0v) is 16.3. The first kappa shape index (κ1) is 19.8. The molecule has 2 N–H and O–H groups in total. The highest BCUT2D eigenvalue weighted by molar-refractivity contribution is 5.99. The summed E-state index contributed by atoms with van der Waals surface area (Å²) in [6.45, 7) is 3.96. The van der Waals surface area contributed by atoms with E-state index in [2.05, 4.69) is 4.98 Å². The number of aromatic amines is 1. The van der Waals surface area contributed by atoms with Crippen LogP contribution in [0.2, 0.25) is 0 Å². The summed E-state index contributed by atoms with van der Waals surface area (Å²) in [4.78, 5) is 15.4. The Hall–Kier alpha value is -2.99. The molecule has 6 nitrogen and oxygen atoms in total. The van der Waals surface area contributed by atoms with Gasteiger partial charge in [-0.15, -0.1) is 0 Å². The molecular formula is C22H25NO5. The van der Waals surface area contributed by atoms with Crippen LogP contribution in [0.1, 0.15) is 35.5 Å². The number of esters is 1. The van der Waals surface area contributed by atoms with Crippen LogP contribution < -0.4 is 9.47 Å². The molecule has 1 heterocycles. The highest BCUT2D eigenvalue weighted by Crippen LogP contribution is 2.39. The van der Waals surface area contributed by atoms with Crippen molar-refractivity contribution < 1.29 is 24.1 Å². The third kappa shape index (κ3) is 4.28. The topological polar surface area (TPSA) is 80.8 Å². The number of rotatable bonds is 8. The Bertz CT molecular complexity index is 946. The van der Waals surface area contributed by atoms with Crippen LogP contribution in [-0.4, -0.2) is 35.9 Å². The van der Waals surface area contributed by atoms with Gasteiger partial charge in [0.05, 0.1) is 18.7 Å². The first-order chi connectivity index (χ1) is 13.5. The molecule has 0 saturated heterocycles. The van der Waals surface area contributed by atoms with Gasteiger partial charge < -0.3 is 24.3 Å². The summed E-state index contributed by atoms with van der Waals surface area (Å²) in [6, 6.07) is 13.4. The lowest BCUT2D eigenvalue weighted by molar-refractivity contribution is 0.0372. The highest BCUT2D eigenvalue weighted by atomic mass is 16.5. The summed E-state index contributed by atoms with van der Waals surface area (Å²) in [5.41, 5.74) is 2.87. The second kappa shape index (κ2) is 8.80. The molecular weight excluding hydrogens is 358 g/mol. The Balaban J connectivity index is 2.02. The number of hydrogen-bond acceptors (Lipinski definition) is 5. The average molecular weight is 383 g/mol. The molecule has 0 aliphatic carbocycles. The lowest BCUT2D eigenvalue weighted by Crippen LogP contribution is -2.11. The molecule has 1 aromatic heterocycles. The number of hydrogen-bond donors (Lipinski definition) is 2. The van der Waals surface area contributed by atoms with Crippen LogP contribution in [0.4, 0.5) is 0 Å². The van der Waals surface area contributed by atoms with Gasteiger partial charge >= 0.3 is 5.97 Å². The molecule has 0 unspecified atom stereocenters. The third-order valence-electron chi connectivity index (χ3n) is 4.30. The standard InChI is InChI=1S/C22H25NO5/c1-14(2)28-22(25)18-12-17-16(9-10-24)11-19(21(26-3)20(17)23-18)27-13-15-7-5-4-6-8-15/h4-8,11-12,14,23-24H,9-10,13H2,1-3H3. The molecule has 0 spiro atoms. The van der Waals surface area contributed by atoms with Crippen LogP contribution in [0.3, 0.4) is 0 Å². The highest BCUT2D eigenvalue weighted by Gasteiger charge is 2.20. The summed E-state index contributed by atoms with van der Waals surface area (Å²) < 4.78 is 16.9. The molecule has 0 fully saturated rings. The van der Waals surface area contributed by atoms with Crippen molar-refractivity contribution in [1.29, 1.82) is 0 Å². The lowest BCUT2D eigenvalue weighted by Gasteiger charge is -2.14. The fraction of sp³-hybridized carbons (Fsp3) is 0.318. The quantitative estimate of drug-likeness (QED) is 0.578. The first-order valence-electron chi connectivity index (χ1n) is 9.24. The molecule has 3 aromatic rings. The summed E-state index contributed by atoms with van der Waals surface area (Å²) in [5, 5.41) is 10.3. The number of H-pyrrole nitrogens is 1. The lowest BCUT2D eigenvalue weighted by atomic mass is 10.1. The smallest absolute Gasteiger partial charge is 0.355 e. The van der Waals surface area contributed by atoms with Gasteiger partial charge in [-0.3, -0.25) is 0 Å². The Morgan fingerprint density at radius 1 is 1.18 bits per heavy atom. The van der Waals surface area contributed by atoms with Gasteiger partial charge in [0.25, 0.3) is 0 Å². The predicted octanol–water partition coefficient (Wildman–Crippen LogP) is 3.86. The summed E-state index contributed by atoms with van der Waals surface area (Å²) in [6.07, 6.45) is 0.209. The number of fused-ring (bicyclic) bond motifs is 1. The summed E-state index contributed by atoms with van der Waals surface area (Å²) in [5.74, 6) is 0.624. The van der Waals surface area contributed by atoms with Gasteiger partial charge in [0.2, 0.25) is 0 Å². The molecule has 0 aliphatic rings. The summed E-state index contributed by atoms with van der Waals surface area (Å²) in [7, 11) is 1.56. The van der Waals surface area contributed by atoms with Crippen molar-refractivity contribution in [2.45, 2.75) is 33.0 Å². The minimum absolute atomic E-state index is 0.0174. The van der Waals surface area contributed by atoms with Crippen molar-refractivity contribution in [3.63, 3.8) is 0 Å². The second-order valence-corrected chi connectivity index (χ2v) is 6.74. The number of benzene rings is 2. The Labute approximate surface area is 164 Å². The van der Waals surface area contributed by atoms with E-state index in [9.17, 15) is 9.90 Å². The van der Waals surface area contributed by atoms with Gasteiger partial charge in [0, 0.05) is 12.0 Å². The van der Waals surface area contributed by atoms with Gasteiger partial charge in [-0.2, -0.15) is 0 Å². The van der Waals surface area contributed by atoms with Gasteiger partial charge in [-0.05, 0) is 43.5 Å². The van der Waals surface area contributed by atoms with Crippen LogP contribution in [0.15, 0.2) is 42.5 Å². The molecule has 0 saturated carbocycles. The molecule has 0 bridgehead atoms. The van der Waals surface area contributed by atoms with E-state index >= 15 is 0 Å². The zero-order valence-electron chi connectivity index (χ0n) is 16.3. The number of carbonyl (C=O) groups excluding carboxylic acids is 1. The van der Waals surface area contributed by atoms with Crippen molar-refractivity contribution in [1.82, 2.24) is 4.98 Å². The predicted molar refractivity (Wildman–Crippen MR) is 107 cm³/mol. The second-order valence-electron chi connectivity index (χ2n) is 6.74. The zero-order chi connectivity index (χ0) is 20.1.